The molecule has 0 aliphatic carbocycles. The van der Waals surface area contributed by atoms with Crippen LogP contribution < -0.4 is 5.32 Å². The molecule has 2 N–H and O–H groups in total. The molecule has 0 radical (unpaired) electrons. The molecule has 1 aromatic carbocycles. The van der Waals surface area contributed by atoms with Gasteiger partial charge in [-0.05, 0) is 57.4 Å². The fraction of sp³-hybridized carbons (Fsp3) is 0.467. The summed E-state index contributed by atoms with van der Waals surface area (Å²) in [7, 11) is 0. The number of nitrogens with one attached hydrogen (secondary N) is 1. The van der Waals surface area contributed by atoms with Gasteiger partial charge in [-0.25, -0.2) is 9.59 Å². The first kappa shape index (κ1) is 14.4. The molecular weight excluding hydrogens is 258 g/mol. The second-order valence-electron chi connectivity index (χ2n) is 5.95. The van der Waals surface area contributed by atoms with Gasteiger partial charge in [0, 0.05) is 5.69 Å². The van der Waals surface area contributed by atoms with Crippen LogP contribution in [0.25, 0.3) is 0 Å². The summed E-state index contributed by atoms with van der Waals surface area (Å²) in [4.78, 5) is 22.9. The number of fused-ring (bicyclic) bond motifs is 1. The van der Waals surface area contributed by atoms with Crippen molar-refractivity contribution in [2.75, 3.05) is 5.32 Å². The molecule has 0 fully saturated rings. The van der Waals surface area contributed by atoms with E-state index in [0.717, 1.165) is 11.3 Å². The number of rotatable bonds is 2. The van der Waals surface area contributed by atoms with Gasteiger partial charge in [-0.15, -0.1) is 0 Å². The average molecular weight is 277 g/mol. The second kappa shape index (κ2) is 5.15. The minimum Gasteiger partial charge on any atom is -0.478 e. The smallest absolute Gasteiger partial charge is 0.335 e. The Kier molecular flexibility index (Phi) is 3.70. The monoisotopic (exact) mass is 277 g/mol. The first-order valence-electron chi connectivity index (χ1n) is 6.62. The highest BCUT2D eigenvalue weighted by molar-refractivity contribution is 5.89. The summed E-state index contributed by atoms with van der Waals surface area (Å²) < 4.78 is 5.36. The molecule has 5 nitrogen and oxygen atoms in total. The van der Waals surface area contributed by atoms with Gasteiger partial charge in [0.25, 0.3) is 0 Å². The average Bonchev–Trinajstić information content (AvgIpc) is 2.35. The quantitative estimate of drug-likeness (QED) is 0.812. The number of anilines is 1. The van der Waals surface area contributed by atoms with E-state index in [0.29, 0.717) is 12.8 Å². The summed E-state index contributed by atoms with van der Waals surface area (Å²) in [6.45, 7) is 5.50. The number of hydrogen-bond donors (Lipinski definition) is 2. The van der Waals surface area contributed by atoms with Crippen molar-refractivity contribution >= 4 is 17.6 Å². The van der Waals surface area contributed by atoms with Crippen LogP contribution in [-0.2, 0) is 16.0 Å². The normalized spacial score (nSPS) is 17.9. The van der Waals surface area contributed by atoms with Crippen molar-refractivity contribution < 1.29 is 19.4 Å². The maximum Gasteiger partial charge on any atom is 0.335 e. The highest BCUT2D eigenvalue weighted by Gasteiger charge is 2.28. The molecule has 0 bridgehead atoms. The molecule has 1 unspecified atom stereocenters. The van der Waals surface area contributed by atoms with E-state index in [1.54, 1.807) is 12.1 Å². The highest BCUT2D eigenvalue weighted by Crippen LogP contribution is 2.27. The Morgan fingerprint density at radius 2 is 2.05 bits per heavy atom. The number of hydrogen-bond acceptors (Lipinski definition) is 4. The fourth-order valence-corrected chi connectivity index (χ4v) is 2.18. The molecule has 1 heterocycles. The molecule has 0 amide bonds. The number of carbonyl (C=O) groups excluding carboxylic acids is 1. The number of ether oxygens (including phenoxy) is 1. The number of carbonyl (C=O) groups is 2. The summed E-state index contributed by atoms with van der Waals surface area (Å²) >= 11 is 0. The molecule has 2 rings (SSSR count). The van der Waals surface area contributed by atoms with Crippen molar-refractivity contribution in [3.8, 4) is 0 Å². The summed E-state index contributed by atoms with van der Waals surface area (Å²) in [5.74, 6) is -1.22. The Morgan fingerprint density at radius 1 is 1.35 bits per heavy atom. The molecule has 5 heteroatoms. The van der Waals surface area contributed by atoms with Gasteiger partial charge in [-0.2, -0.15) is 0 Å². The maximum absolute atomic E-state index is 12.0. The van der Waals surface area contributed by atoms with Gasteiger partial charge in [0.1, 0.15) is 11.6 Å². The number of carboxylic acid groups (broad SMARTS) is 1. The predicted octanol–water partition coefficient (Wildman–Crippen LogP) is 2.45. The lowest BCUT2D eigenvalue weighted by atomic mass is 9.96. The van der Waals surface area contributed by atoms with Crippen molar-refractivity contribution in [3.63, 3.8) is 0 Å². The molecule has 108 valence electrons. The largest absolute Gasteiger partial charge is 0.478 e. The molecule has 1 atom stereocenters. The fourth-order valence-electron chi connectivity index (χ4n) is 2.18. The van der Waals surface area contributed by atoms with Crippen LogP contribution in [0, 0.1) is 0 Å². The van der Waals surface area contributed by atoms with E-state index < -0.39 is 11.6 Å². The summed E-state index contributed by atoms with van der Waals surface area (Å²) in [6.07, 6.45) is 1.26. The third kappa shape index (κ3) is 3.29. The Labute approximate surface area is 117 Å². The Morgan fingerprint density at radius 3 is 2.65 bits per heavy atom. The van der Waals surface area contributed by atoms with Gasteiger partial charge in [-0.3, -0.25) is 0 Å². The van der Waals surface area contributed by atoms with E-state index in [2.05, 4.69) is 5.32 Å². The van der Waals surface area contributed by atoms with Gasteiger partial charge >= 0.3 is 11.9 Å². The Bertz CT molecular complexity index is 545. The summed E-state index contributed by atoms with van der Waals surface area (Å²) in [5.41, 5.74) is 1.48. The van der Waals surface area contributed by atoms with Gasteiger partial charge in [0.2, 0.25) is 0 Å². The van der Waals surface area contributed by atoms with E-state index in [-0.39, 0.29) is 17.6 Å². The minimum absolute atomic E-state index is 0.265. The first-order valence-corrected chi connectivity index (χ1v) is 6.62. The molecule has 0 aromatic heterocycles. The van der Waals surface area contributed by atoms with Crippen molar-refractivity contribution in [1.29, 1.82) is 0 Å². The lowest BCUT2D eigenvalue weighted by Crippen LogP contribution is -2.38. The van der Waals surface area contributed by atoms with E-state index in [9.17, 15) is 9.59 Å². The van der Waals surface area contributed by atoms with Gasteiger partial charge in [0.15, 0.2) is 0 Å². The lowest BCUT2D eigenvalue weighted by molar-refractivity contribution is -0.156. The van der Waals surface area contributed by atoms with Crippen LogP contribution in [0.4, 0.5) is 5.69 Å². The van der Waals surface area contributed by atoms with E-state index >= 15 is 0 Å². The zero-order valence-electron chi connectivity index (χ0n) is 11.9. The van der Waals surface area contributed by atoms with Crippen LogP contribution in [0.1, 0.15) is 43.1 Å². The second-order valence-corrected chi connectivity index (χ2v) is 5.95. The van der Waals surface area contributed by atoms with Gasteiger partial charge in [0.05, 0.1) is 5.56 Å². The van der Waals surface area contributed by atoms with Crippen LogP contribution in [0.2, 0.25) is 0 Å². The van der Waals surface area contributed by atoms with Crippen LogP contribution in [0.5, 0.6) is 0 Å². The molecule has 1 aliphatic heterocycles. The van der Waals surface area contributed by atoms with Crippen LogP contribution in [-0.4, -0.2) is 28.7 Å². The van der Waals surface area contributed by atoms with Crippen molar-refractivity contribution in [2.45, 2.75) is 45.3 Å². The summed E-state index contributed by atoms with van der Waals surface area (Å²) in [5, 5.41) is 12.1. The SMILES string of the molecule is CC(C)(C)OC(=O)C1CCc2cc(C(=O)O)ccc2N1. The minimum atomic E-state index is -0.943. The third-order valence-electron chi connectivity index (χ3n) is 3.08. The van der Waals surface area contributed by atoms with E-state index in [4.69, 9.17) is 9.84 Å². The standard InChI is InChI=1S/C15H19NO4/c1-15(2,3)20-14(19)12-7-4-9-8-10(13(17)18)5-6-11(9)16-12/h5-6,8,12,16H,4,7H2,1-3H3,(H,17,18). The Hall–Kier alpha value is -2.04. The van der Waals surface area contributed by atoms with Gasteiger partial charge in [-0.1, -0.05) is 0 Å². The zero-order valence-corrected chi connectivity index (χ0v) is 11.9. The number of aryl methyl sites for hydroxylation is 1. The van der Waals surface area contributed by atoms with E-state index in [1.807, 2.05) is 20.8 Å². The predicted molar refractivity (Wildman–Crippen MR) is 75.0 cm³/mol. The first-order chi connectivity index (χ1) is 9.26. The third-order valence-corrected chi connectivity index (χ3v) is 3.08. The van der Waals surface area contributed by atoms with Crippen LogP contribution in [0.15, 0.2) is 18.2 Å². The van der Waals surface area contributed by atoms with Crippen molar-refractivity contribution in [2.24, 2.45) is 0 Å². The number of benzene rings is 1. The van der Waals surface area contributed by atoms with Crippen LogP contribution >= 0.6 is 0 Å². The number of aromatic carboxylic acids is 1. The zero-order chi connectivity index (χ0) is 14.9. The lowest BCUT2D eigenvalue weighted by Gasteiger charge is -2.29. The molecule has 1 aromatic rings. The molecule has 0 spiro atoms. The molecular formula is C15H19NO4. The topological polar surface area (TPSA) is 75.6 Å². The maximum atomic E-state index is 12.0. The molecule has 1 aliphatic rings. The Balaban J connectivity index is 2.12. The highest BCUT2D eigenvalue weighted by atomic mass is 16.6. The van der Waals surface area contributed by atoms with E-state index in [1.165, 1.54) is 6.07 Å². The van der Waals surface area contributed by atoms with Crippen molar-refractivity contribution in [1.82, 2.24) is 0 Å². The summed E-state index contributed by atoms with van der Waals surface area (Å²) in [6, 6.07) is 4.51. The molecule has 0 saturated carbocycles. The van der Waals surface area contributed by atoms with Crippen molar-refractivity contribution in [3.05, 3.63) is 29.3 Å². The number of carboxylic acids is 1. The molecule has 20 heavy (non-hydrogen) atoms. The molecule has 0 saturated heterocycles. The number of esters is 1. The van der Waals surface area contributed by atoms with Gasteiger partial charge < -0.3 is 15.2 Å². The van der Waals surface area contributed by atoms with Crippen LogP contribution in [0.3, 0.4) is 0 Å².